The quantitative estimate of drug-likeness (QED) is 0.793. The molecule has 1 aromatic carbocycles. The summed E-state index contributed by atoms with van der Waals surface area (Å²) in [5.74, 6) is 0.894. The van der Waals surface area contributed by atoms with Crippen molar-refractivity contribution < 1.29 is 9.47 Å². The van der Waals surface area contributed by atoms with Crippen molar-refractivity contribution in [3.05, 3.63) is 29.8 Å². The molecule has 0 heterocycles. The normalized spacial score (nSPS) is 14.4. The summed E-state index contributed by atoms with van der Waals surface area (Å²) in [5, 5.41) is 0. The standard InChI is InChI=1S/C14H23NO2/c1-4-13(15)12-7-5-6-8-14(12)17-11(2)9-10-16-3/h5-8,11,13H,4,9-10,15H2,1-3H3/t11?,13-/m1/s1. The van der Waals surface area contributed by atoms with Crippen molar-refractivity contribution >= 4 is 0 Å². The first-order valence-corrected chi connectivity index (χ1v) is 6.19. The summed E-state index contributed by atoms with van der Waals surface area (Å²) in [6.07, 6.45) is 1.93. The summed E-state index contributed by atoms with van der Waals surface area (Å²) < 4.78 is 11.0. The maximum Gasteiger partial charge on any atom is 0.124 e. The Kier molecular flexibility index (Phi) is 6.01. The Labute approximate surface area is 104 Å². The van der Waals surface area contributed by atoms with Gasteiger partial charge in [0.2, 0.25) is 0 Å². The number of nitrogens with two attached hydrogens (primary N) is 1. The fourth-order valence-corrected chi connectivity index (χ4v) is 1.67. The maximum absolute atomic E-state index is 6.07. The molecule has 2 N–H and O–H groups in total. The average Bonchev–Trinajstić information content (AvgIpc) is 2.36. The number of hydrogen-bond donors (Lipinski definition) is 1. The molecule has 2 atom stereocenters. The number of rotatable bonds is 7. The minimum atomic E-state index is 0.0424. The van der Waals surface area contributed by atoms with Crippen molar-refractivity contribution in [2.45, 2.75) is 38.8 Å². The van der Waals surface area contributed by atoms with Crippen LogP contribution in [0, 0.1) is 0 Å². The van der Waals surface area contributed by atoms with Crippen LogP contribution in [0.25, 0.3) is 0 Å². The van der Waals surface area contributed by atoms with E-state index in [0.29, 0.717) is 6.61 Å². The van der Waals surface area contributed by atoms with E-state index < -0.39 is 0 Å². The molecule has 0 spiro atoms. The lowest BCUT2D eigenvalue weighted by Gasteiger charge is -2.19. The SMILES string of the molecule is CC[C@@H](N)c1ccccc1OC(C)CCOC. The van der Waals surface area contributed by atoms with Gasteiger partial charge in [0.05, 0.1) is 6.10 Å². The molecule has 1 rings (SSSR count). The largest absolute Gasteiger partial charge is 0.490 e. The lowest BCUT2D eigenvalue weighted by Crippen LogP contribution is -2.17. The lowest BCUT2D eigenvalue weighted by molar-refractivity contribution is 0.134. The second-order valence-corrected chi connectivity index (χ2v) is 4.26. The molecular formula is C14H23NO2. The zero-order valence-corrected chi connectivity index (χ0v) is 11.0. The summed E-state index contributed by atoms with van der Waals surface area (Å²) in [4.78, 5) is 0. The zero-order chi connectivity index (χ0) is 12.7. The average molecular weight is 237 g/mol. The Bertz CT molecular complexity index is 328. The third-order valence-electron chi connectivity index (χ3n) is 2.81. The monoisotopic (exact) mass is 237 g/mol. The van der Waals surface area contributed by atoms with E-state index in [0.717, 1.165) is 24.2 Å². The topological polar surface area (TPSA) is 44.5 Å². The van der Waals surface area contributed by atoms with Gasteiger partial charge in [0.1, 0.15) is 5.75 Å². The van der Waals surface area contributed by atoms with Crippen molar-refractivity contribution in [3.8, 4) is 5.75 Å². The lowest BCUT2D eigenvalue weighted by atomic mass is 10.0. The molecule has 96 valence electrons. The molecule has 0 aliphatic rings. The number of ether oxygens (including phenoxy) is 2. The molecular weight excluding hydrogens is 214 g/mol. The molecule has 0 aromatic heterocycles. The highest BCUT2D eigenvalue weighted by Gasteiger charge is 2.12. The van der Waals surface area contributed by atoms with Crippen molar-refractivity contribution in [2.75, 3.05) is 13.7 Å². The van der Waals surface area contributed by atoms with E-state index >= 15 is 0 Å². The Morgan fingerprint density at radius 2 is 2.00 bits per heavy atom. The predicted molar refractivity (Wildman–Crippen MR) is 70.2 cm³/mol. The minimum absolute atomic E-state index is 0.0424. The third-order valence-corrected chi connectivity index (χ3v) is 2.81. The fourth-order valence-electron chi connectivity index (χ4n) is 1.67. The molecule has 17 heavy (non-hydrogen) atoms. The van der Waals surface area contributed by atoms with E-state index in [1.807, 2.05) is 31.2 Å². The molecule has 0 bridgehead atoms. The maximum atomic E-state index is 6.07. The third kappa shape index (κ3) is 4.36. The first-order chi connectivity index (χ1) is 8.19. The predicted octanol–water partition coefficient (Wildman–Crippen LogP) is 2.90. The van der Waals surface area contributed by atoms with Gasteiger partial charge in [-0.05, 0) is 19.4 Å². The number of benzene rings is 1. The van der Waals surface area contributed by atoms with Crippen LogP contribution in [0.3, 0.4) is 0 Å². The molecule has 0 amide bonds. The fraction of sp³-hybridized carbons (Fsp3) is 0.571. The van der Waals surface area contributed by atoms with Crippen molar-refractivity contribution in [3.63, 3.8) is 0 Å². The van der Waals surface area contributed by atoms with E-state index in [9.17, 15) is 0 Å². The van der Waals surface area contributed by atoms with Crippen molar-refractivity contribution in [1.29, 1.82) is 0 Å². The summed E-state index contributed by atoms with van der Waals surface area (Å²) in [7, 11) is 1.70. The van der Waals surface area contributed by atoms with E-state index in [-0.39, 0.29) is 12.1 Å². The summed E-state index contributed by atoms with van der Waals surface area (Å²) >= 11 is 0. The van der Waals surface area contributed by atoms with Crippen LogP contribution in [0.1, 0.15) is 38.3 Å². The van der Waals surface area contributed by atoms with Crippen LogP contribution < -0.4 is 10.5 Å². The number of hydrogen-bond acceptors (Lipinski definition) is 3. The highest BCUT2D eigenvalue weighted by atomic mass is 16.5. The second kappa shape index (κ2) is 7.30. The molecule has 0 saturated carbocycles. The Balaban J connectivity index is 2.69. The Hall–Kier alpha value is -1.06. The molecule has 0 saturated heterocycles. The van der Waals surface area contributed by atoms with Gasteiger partial charge in [-0.3, -0.25) is 0 Å². The van der Waals surface area contributed by atoms with Gasteiger partial charge < -0.3 is 15.2 Å². The first kappa shape index (κ1) is 14.0. The van der Waals surface area contributed by atoms with E-state index in [1.165, 1.54) is 0 Å². The van der Waals surface area contributed by atoms with Gasteiger partial charge in [-0.25, -0.2) is 0 Å². The van der Waals surface area contributed by atoms with Crippen LogP contribution in [-0.4, -0.2) is 19.8 Å². The smallest absolute Gasteiger partial charge is 0.124 e. The molecule has 0 aliphatic heterocycles. The van der Waals surface area contributed by atoms with Crippen LogP contribution in [0.15, 0.2) is 24.3 Å². The van der Waals surface area contributed by atoms with Gasteiger partial charge in [-0.1, -0.05) is 25.1 Å². The summed E-state index contributed by atoms with van der Waals surface area (Å²) in [6.45, 7) is 4.84. The molecule has 1 unspecified atom stereocenters. The van der Waals surface area contributed by atoms with Gasteiger partial charge >= 0.3 is 0 Å². The molecule has 0 radical (unpaired) electrons. The van der Waals surface area contributed by atoms with Crippen LogP contribution >= 0.6 is 0 Å². The van der Waals surface area contributed by atoms with E-state index in [1.54, 1.807) is 7.11 Å². The second-order valence-electron chi connectivity index (χ2n) is 4.26. The molecule has 0 fully saturated rings. The highest BCUT2D eigenvalue weighted by molar-refractivity contribution is 5.35. The van der Waals surface area contributed by atoms with Gasteiger partial charge in [0.25, 0.3) is 0 Å². The van der Waals surface area contributed by atoms with Crippen LogP contribution in [0.4, 0.5) is 0 Å². The van der Waals surface area contributed by atoms with Crippen LogP contribution in [0.2, 0.25) is 0 Å². The molecule has 3 nitrogen and oxygen atoms in total. The molecule has 1 aromatic rings. The van der Waals surface area contributed by atoms with Crippen molar-refractivity contribution in [2.24, 2.45) is 5.73 Å². The Morgan fingerprint density at radius 1 is 1.29 bits per heavy atom. The minimum Gasteiger partial charge on any atom is -0.490 e. The van der Waals surface area contributed by atoms with E-state index in [4.69, 9.17) is 15.2 Å². The van der Waals surface area contributed by atoms with Crippen LogP contribution in [0.5, 0.6) is 5.75 Å². The Morgan fingerprint density at radius 3 is 2.65 bits per heavy atom. The van der Waals surface area contributed by atoms with E-state index in [2.05, 4.69) is 6.92 Å². The number of para-hydroxylation sites is 1. The zero-order valence-electron chi connectivity index (χ0n) is 11.0. The van der Waals surface area contributed by atoms with Gasteiger partial charge in [-0.2, -0.15) is 0 Å². The van der Waals surface area contributed by atoms with Gasteiger partial charge in [-0.15, -0.1) is 0 Å². The van der Waals surface area contributed by atoms with Crippen LogP contribution in [-0.2, 0) is 4.74 Å². The summed E-state index contributed by atoms with van der Waals surface area (Å²) in [6, 6.07) is 8.03. The first-order valence-electron chi connectivity index (χ1n) is 6.19. The molecule has 3 heteroatoms. The number of methoxy groups -OCH3 is 1. The summed E-state index contributed by atoms with van der Waals surface area (Å²) in [5.41, 5.74) is 7.15. The highest BCUT2D eigenvalue weighted by Crippen LogP contribution is 2.26. The van der Waals surface area contributed by atoms with Gasteiger partial charge in [0, 0.05) is 31.7 Å². The van der Waals surface area contributed by atoms with Crippen molar-refractivity contribution in [1.82, 2.24) is 0 Å². The molecule has 0 aliphatic carbocycles. The van der Waals surface area contributed by atoms with Gasteiger partial charge in [0.15, 0.2) is 0 Å².